The molecule has 0 aromatic rings. The number of hydrogen-bond donors (Lipinski definition) is 0. The van der Waals surface area contributed by atoms with Gasteiger partial charge in [0.25, 0.3) is 0 Å². The first-order valence-electron chi connectivity index (χ1n) is 3.26. The summed E-state index contributed by atoms with van der Waals surface area (Å²) < 4.78 is 0. The molecule has 0 atom stereocenters. The highest BCUT2D eigenvalue weighted by molar-refractivity contribution is 6.93. The fourth-order valence-electron chi connectivity index (χ4n) is 0.683. The van der Waals surface area contributed by atoms with Crippen molar-refractivity contribution in [2.24, 2.45) is 0 Å². The molecule has 2 nitrogen and oxygen atoms in total. The summed E-state index contributed by atoms with van der Waals surface area (Å²) in [7, 11) is 0. The summed E-state index contributed by atoms with van der Waals surface area (Å²) in [5, 5.41) is 17.1. The molecule has 3 heteroatoms. The molecule has 0 aliphatic carbocycles. The number of hydrogen-bond acceptors (Lipinski definition) is 2. The Hall–Kier alpha value is -0.955. The molecule has 0 aromatic carbocycles. The van der Waals surface area contributed by atoms with Gasteiger partial charge in [-0.1, -0.05) is 13.8 Å². The summed E-state index contributed by atoms with van der Waals surface area (Å²) in [6.45, 7) is 3.77. The van der Waals surface area contributed by atoms with Gasteiger partial charge < -0.3 is 0 Å². The molecule has 0 radical (unpaired) electrons. The Labute approximate surface area is 56.0 Å². The Bertz CT molecular complexity index is 143. The minimum absolute atomic E-state index is 0.684. The van der Waals surface area contributed by atoms with Crippen LogP contribution in [0, 0.1) is 22.5 Å². The van der Waals surface area contributed by atoms with E-state index in [1.165, 1.54) is 0 Å². The normalized spacial score (nSPS) is 9.78. The van der Waals surface area contributed by atoms with Crippen molar-refractivity contribution in [3.05, 3.63) is 0 Å². The number of rotatable bonds is 2. The van der Waals surface area contributed by atoms with Gasteiger partial charge in [-0.3, -0.25) is 0 Å². The maximum absolute atomic E-state index is 8.53. The minimum atomic E-state index is -1.33. The average molecular weight is 121 g/mol. The molecule has 0 saturated carbocycles. The van der Waals surface area contributed by atoms with Gasteiger partial charge in [0.05, 0.1) is 0 Å². The lowest BCUT2D eigenvalue weighted by Gasteiger charge is -2.17. The molecular weight excluding hydrogens is 111 g/mol. The first kappa shape index (κ1) is 8.04. The molecular formula is C6H10BN2-. The van der Waals surface area contributed by atoms with Gasteiger partial charge in [-0.25, -0.2) is 10.5 Å². The predicted molar refractivity (Wildman–Crippen MR) is 37.9 cm³/mol. The van der Waals surface area contributed by atoms with E-state index in [1.807, 2.05) is 13.8 Å². The van der Waals surface area contributed by atoms with E-state index in [2.05, 4.69) is 11.9 Å². The van der Waals surface area contributed by atoms with Crippen LogP contribution in [-0.2, 0) is 0 Å². The predicted octanol–water partition coefficient (Wildman–Crippen LogP) is 1.60. The van der Waals surface area contributed by atoms with Gasteiger partial charge >= 0.3 is 0 Å². The number of nitriles is 2. The van der Waals surface area contributed by atoms with E-state index in [0.29, 0.717) is 12.6 Å². The second-order valence-corrected chi connectivity index (χ2v) is 2.32. The average Bonchev–Trinajstić information content (AvgIpc) is 1.95. The quantitative estimate of drug-likeness (QED) is 0.521. The highest BCUT2D eigenvalue weighted by Gasteiger charge is 2.18. The summed E-state index contributed by atoms with van der Waals surface area (Å²) >= 11 is 0. The van der Waals surface area contributed by atoms with Gasteiger partial charge in [0.15, 0.2) is 0 Å². The molecule has 0 amide bonds. The Morgan fingerprint density at radius 2 is 1.44 bits per heavy atom. The zero-order valence-electron chi connectivity index (χ0n) is 5.89. The van der Waals surface area contributed by atoms with E-state index >= 15 is 0 Å². The Morgan fingerprint density at radius 3 is 1.44 bits per heavy atom. The van der Waals surface area contributed by atoms with Crippen LogP contribution in [0.2, 0.25) is 12.6 Å². The van der Waals surface area contributed by atoms with E-state index in [0.717, 1.165) is 0 Å². The molecule has 0 aliphatic rings. The van der Waals surface area contributed by atoms with Crippen molar-refractivity contribution in [3.8, 4) is 11.9 Å². The van der Waals surface area contributed by atoms with Gasteiger partial charge in [-0.2, -0.15) is 12.6 Å². The van der Waals surface area contributed by atoms with Crippen molar-refractivity contribution in [2.45, 2.75) is 26.5 Å². The van der Waals surface area contributed by atoms with Crippen LogP contribution in [0.5, 0.6) is 0 Å². The SMILES string of the molecule is CC[B-](C#N)(C#N)CC. The Kier molecular flexibility index (Phi) is 2.81. The maximum Gasteiger partial charge on any atom is 0.205 e. The Balaban J connectivity index is 4.28. The molecule has 0 aliphatic heterocycles. The van der Waals surface area contributed by atoms with Gasteiger partial charge in [0.2, 0.25) is 6.15 Å². The molecule has 0 rings (SSSR count). The smallest absolute Gasteiger partial charge is 0.205 e. The zero-order chi connectivity index (χ0) is 7.33. The van der Waals surface area contributed by atoms with Gasteiger partial charge in [-0.05, 0) is 0 Å². The maximum atomic E-state index is 8.53. The fourth-order valence-corrected chi connectivity index (χ4v) is 0.683. The molecule has 9 heavy (non-hydrogen) atoms. The van der Waals surface area contributed by atoms with Crippen LogP contribution in [0.4, 0.5) is 0 Å². The van der Waals surface area contributed by atoms with E-state index in [9.17, 15) is 0 Å². The summed E-state index contributed by atoms with van der Waals surface area (Å²) in [6.07, 6.45) is 0.0347. The van der Waals surface area contributed by atoms with Crippen LogP contribution in [-0.4, -0.2) is 6.15 Å². The van der Waals surface area contributed by atoms with Crippen LogP contribution in [0.3, 0.4) is 0 Å². The topological polar surface area (TPSA) is 47.6 Å². The number of nitrogens with zero attached hydrogens (tertiary/aromatic N) is 2. The minimum Gasteiger partial charge on any atom is -0.248 e. The van der Waals surface area contributed by atoms with Gasteiger partial charge in [0, 0.05) is 0 Å². The Morgan fingerprint density at radius 1 is 1.11 bits per heavy atom. The first-order valence-corrected chi connectivity index (χ1v) is 3.26. The lowest BCUT2D eigenvalue weighted by atomic mass is 9.24. The second-order valence-electron chi connectivity index (χ2n) is 2.32. The third-order valence-corrected chi connectivity index (χ3v) is 1.89. The van der Waals surface area contributed by atoms with Crippen molar-refractivity contribution in [2.75, 3.05) is 0 Å². The molecule has 0 heterocycles. The molecule has 48 valence electrons. The molecule has 0 fully saturated rings. The summed E-state index contributed by atoms with van der Waals surface area (Å²) in [5.74, 6) is 4.13. The standard InChI is InChI=1S/C6H10BN2/c1-3-7(4-2,5-8)6-9/h3-4H2,1-2H3/q-1. The van der Waals surface area contributed by atoms with Crippen molar-refractivity contribution in [1.29, 1.82) is 10.5 Å². The summed E-state index contributed by atoms with van der Waals surface area (Å²) in [4.78, 5) is 0. The van der Waals surface area contributed by atoms with Crippen molar-refractivity contribution >= 4 is 6.15 Å². The highest BCUT2D eigenvalue weighted by Crippen LogP contribution is 2.11. The van der Waals surface area contributed by atoms with Crippen LogP contribution < -0.4 is 0 Å². The van der Waals surface area contributed by atoms with Crippen LogP contribution in [0.1, 0.15) is 13.8 Å². The second kappa shape index (κ2) is 3.15. The van der Waals surface area contributed by atoms with Gasteiger partial charge in [-0.15, -0.1) is 11.9 Å². The third-order valence-electron chi connectivity index (χ3n) is 1.89. The molecule has 0 spiro atoms. The van der Waals surface area contributed by atoms with E-state index in [1.54, 1.807) is 0 Å². The summed E-state index contributed by atoms with van der Waals surface area (Å²) in [5.41, 5.74) is 0. The van der Waals surface area contributed by atoms with Crippen molar-refractivity contribution < 1.29 is 0 Å². The van der Waals surface area contributed by atoms with Crippen molar-refractivity contribution in [3.63, 3.8) is 0 Å². The van der Waals surface area contributed by atoms with Crippen LogP contribution >= 0.6 is 0 Å². The van der Waals surface area contributed by atoms with E-state index in [-0.39, 0.29) is 0 Å². The zero-order valence-corrected chi connectivity index (χ0v) is 5.89. The summed E-state index contributed by atoms with van der Waals surface area (Å²) in [6, 6.07) is 0. The largest absolute Gasteiger partial charge is 0.248 e. The molecule has 0 unspecified atom stereocenters. The van der Waals surface area contributed by atoms with E-state index in [4.69, 9.17) is 10.5 Å². The molecule has 0 saturated heterocycles. The van der Waals surface area contributed by atoms with Gasteiger partial charge in [0.1, 0.15) is 0 Å². The monoisotopic (exact) mass is 121 g/mol. The van der Waals surface area contributed by atoms with Crippen LogP contribution in [0.25, 0.3) is 0 Å². The molecule has 0 aromatic heterocycles. The van der Waals surface area contributed by atoms with E-state index < -0.39 is 6.15 Å². The lowest BCUT2D eigenvalue weighted by molar-refractivity contribution is 1.28. The molecule has 0 N–H and O–H groups in total. The fraction of sp³-hybridized carbons (Fsp3) is 0.667. The van der Waals surface area contributed by atoms with Crippen molar-refractivity contribution in [1.82, 2.24) is 0 Å². The first-order chi connectivity index (χ1) is 4.24. The molecule has 0 bridgehead atoms. The third kappa shape index (κ3) is 1.47. The highest BCUT2D eigenvalue weighted by atomic mass is 14.3. The van der Waals surface area contributed by atoms with Crippen LogP contribution in [0.15, 0.2) is 0 Å². The lowest BCUT2D eigenvalue weighted by Crippen LogP contribution is -2.28.